The summed E-state index contributed by atoms with van der Waals surface area (Å²) in [6.07, 6.45) is 0. The van der Waals surface area contributed by atoms with Gasteiger partial charge in [0.2, 0.25) is 0 Å². The third-order valence-corrected chi connectivity index (χ3v) is 6.85. The van der Waals surface area contributed by atoms with Crippen LogP contribution in [0.15, 0.2) is 54.6 Å². The first-order chi connectivity index (χ1) is 13.5. The standard InChI is InChI=1S/C19H12Cl4O5S/c20-11-3-1-2-10(6-11)19(29(26,27)28,14-5-4-12(21)7-15(14)22)18-16(23)8-13(24)9-17(18)25/h1-9,24-25H,(H,26,27,28). The van der Waals surface area contributed by atoms with E-state index in [1.165, 1.54) is 42.5 Å². The molecule has 0 aliphatic rings. The molecule has 1 unspecified atom stereocenters. The van der Waals surface area contributed by atoms with Crippen LogP contribution in [0.5, 0.6) is 11.5 Å². The molecule has 1 atom stereocenters. The maximum absolute atomic E-state index is 13.0. The third kappa shape index (κ3) is 3.77. The Morgan fingerprint density at radius 1 is 0.793 bits per heavy atom. The molecule has 3 N–H and O–H groups in total. The zero-order chi connectivity index (χ0) is 21.6. The van der Waals surface area contributed by atoms with Gasteiger partial charge in [0.05, 0.1) is 5.02 Å². The van der Waals surface area contributed by atoms with E-state index in [0.29, 0.717) is 0 Å². The maximum atomic E-state index is 13.0. The summed E-state index contributed by atoms with van der Waals surface area (Å²) in [7, 11) is -5.11. The van der Waals surface area contributed by atoms with E-state index in [9.17, 15) is 23.2 Å². The summed E-state index contributed by atoms with van der Waals surface area (Å²) in [5.74, 6) is -1.09. The van der Waals surface area contributed by atoms with Gasteiger partial charge in [-0.2, -0.15) is 8.42 Å². The summed E-state index contributed by atoms with van der Waals surface area (Å²) in [6, 6.07) is 11.5. The van der Waals surface area contributed by atoms with Crippen molar-refractivity contribution in [3.63, 3.8) is 0 Å². The number of phenolic OH excluding ortho intramolecular Hbond substituents is 2. The van der Waals surface area contributed by atoms with Gasteiger partial charge < -0.3 is 10.2 Å². The van der Waals surface area contributed by atoms with E-state index in [1.54, 1.807) is 0 Å². The number of hydrogen-bond donors (Lipinski definition) is 3. The summed E-state index contributed by atoms with van der Waals surface area (Å²) >= 11 is 24.6. The average Bonchev–Trinajstić information content (AvgIpc) is 2.57. The summed E-state index contributed by atoms with van der Waals surface area (Å²) in [6.45, 7) is 0. The van der Waals surface area contributed by atoms with Crippen molar-refractivity contribution in [2.75, 3.05) is 0 Å². The van der Waals surface area contributed by atoms with Crippen molar-refractivity contribution in [3.05, 3.63) is 91.4 Å². The van der Waals surface area contributed by atoms with E-state index in [4.69, 9.17) is 46.4 Å². The fourth-order valence-corrected chi connectivity index (χ4v) is 5.82. The molecule has 0 spiro atoms. The smallest absolute Gasteiger partial charge is 0.283 e. The Morgan fingerprint density at radius 2 is 1.45 bits per heavy atom. The summed E-state index contributed by atoms with van der Waals surface area (Å²) in [5.41, 5.74) is -0.582. The minimum atomic E-state index is -5.11. The van der Waals surface area contributed by atoms with Crippen LogP contribution in [0.4, 0.5) is 0 Å². The molecule has 0 aromatic heterocycles. The number of aromatic hydroxyl groups is 2. The Labute approximate surface area is 186 Å². The van der Waals surface area contributed by atoms with Gasteiger partial charge in [0.1, 0.15) is 11.5 Å². The van der Waals surface area contributed by atoms with E-state index in [1.807, 2.05) is 0 Å². The van der Waals surface area contributed by atoms with Gasteiger partial charge in [-0.1, -0.05) is 64.6 Å². The van der Waals surface area contributed by atoms with E-state index in [-0.39, 0.29) is 31.2 Å². The lowest BCUT2D eigenvalue weighted by molar-refractivity contribution is 0.431. The lowest BCUT2D eigenvalue weighted by atomic mass is 9.83. The van der Waals surface area contributed by atoms with Crippen molar-refractivity contribution in [1.82, 2.24) is 0 Å². The number of halogens is 4. The SMILES string of the molecule is O=S(=O)(O)C(c1cccc(Cl)c1)(c1ccc(Cl)cc1Cl)c1c(O)cc(O)cc1Cl. The predicted molar refractivity (Wildman–Crippen MR) is 114 cm³/mol. The molecule has 0 saturated heterocycles. The van der Waals surface area contributed by atoms with E-state index in [2.05, 4.69) is 0 Å². The van der Waals surface area contributed by atoms with Gasteiger partial charge >= 0.3 is 0 Å². The van der Waals surface area contributed by atoms with Crippen LogP contribution in [-0.2, 0) is 14.9 Å². The van der Waals surface area contributed by atoms with Gasteiger partial charge in [-0.3, -0.25) is 4.55 Å². The lowest BCUT2D eigenvalue weighted by Crippen LogP contribution is -2.39. The van der Waals surface area contributed by atoms with E-state index < -0.39 is 31.9 Å². The van der Waals surface area contributed by atoms with Gasteiger partial charge in [0, 0.05) is 32.3 Å². The van der Waals surface area contributed by atoms with Crippen LogP contribution in [0.1, 0.15) is 16.7 Å². The predicted octanol–water partition coefficient (Wildman–Crippen LogP) is 5.89. The molecule has 3 aromatic rings. The quantitative estimate of drug-likeness (QED) is 0.311. The zero-order valence-electron chi connectivity index (χ0n) is 14.3. The largest absolute Gasteiger partial charge is 0.508 e. The van der Waals surface area contributed by atoms with Crippen LogP contribution < -0.4 is 0 Å². The minimum absolute atomic E-state index is 0.0420. The first kappa shape index (κ1) is 22.0. The second-order valence-corrected chi connectivity index (χ2v) is 9.36. The molecule has 0 amide bonds. The minimum Gasteiger partial charge on any atom is -0.508 e. The third-order valence-electron chi connectivity index (χ3n) is 4.33. The Hall–Kier alpha value is -1.67. The molecular formula is C19H12Cl4O5S. The first-order valence-corrected chi connectivity index (χ1v) is 10.8. The highest BCUT2D eigenvalue weighted by molar-refractivity contribution is 7.87. The molecule has 29 heavy (non-hydrogen) atoms. The van der Waals surface area contributed by atoms with Crippen molar-refractivity contribution in [2.24, 2.45) is 0 Å². The number of benzene rings is 3. The van der Waals surface area contributed by atoms with Crippen molar-refractivity contribution in [1.29, 1.82) is 0 Å². The van der Waals surface area contributed by atoms with Crippen LogP contribution in [0.2, 0.25) is 20.1 Å². The van der Waals surface area contributed by atoms with Crippen molar-refractivity contribution in [3.8, 4) is 11.5 Å². The topological polar surface area (TPSA) is 94.8 Å². The fourth-order valence-electron chi connectivity index (χ4n) is 3.26. The van der Waals surface area contributed by atoms with Gasteiger partial charge in [-0.15, -0.1) is 0 Å². The molecule has 3 rings (SSSR count). The van der Waals surface area contributed by atoms with Crippen LogP contribution in [0.25, 0.3) is 0 Å². The fraction of sp³-hybridized carbons (Fsp3) is 0.0526. The zero-order valence-corrected chi connectivity index (χ0v) is 18.1. The van der Waals surface area contributed by atoms with Gasteiger partial charge in [-0.05, 0) is 35.9 Å². The summed E-state index contributed by atoms with van der Waals surface area (Å²) in [5, 5.41) is 20.3. The highest BCUT2D eigenvalue weighted by Gasteiger charge is 2.52. The molecule has 0 aliphatic heterocycles. The second kappa shape index (κ2) is 7.87. The number of rotatable bonds is 4. The van der Waals surface area contributed by atoms with Crippen LogP contribution >= 0.6 is 46.4 Å². The van der Waals surface area contributed by atoms with Crippen LogP contribution in [0, 0.1) is 0 Å². The molecule has 5 nitrogen and oxygen atoms in total. The molecule has 0 aliphatic carbocycles. The Bertz CT molecular complexity index is 1190. The van der Waals surface area contributed by atoms with Gasteiger partial charge in [0.25, 0.3) is 10.1 Å². The van der Waals surface area contributed by atoms with Crippen molar-refractivity contribution in [2.45, 2.75) is 4.75 Å². The lowest BCUT2D eigenvalue weighted by Gasteiger charge is -2.34. The molecule has 0 heterocycles. The summed E-state index contributed by atoms with van der Waals surface area (Å²) in [4.78, 5) is 0. The van der Waals surface area contributed by atoms with Crippen LogP contribution in [-0.4, -0.2) is 23.2 Å². The normalized spacial score (nSPS) is 13.8. The second-order valence-electron chi connectivity index (χ2n) is 6.11. The summed E-state index contributed by atoms with van der Waals surface area (Å²) < 4.78 is 34.0. The van der Waals surface area contributed by atoms with Crippen molar-refractivity contribution >= 4 is 56.5 Å². The van der Waals surface area contributed by atoms with Crippen LogP contribution in [0.3, 0.4) is 0 Å². The maximum Gasteiger partial charge on any atom is 0.283 e. The molecule has 10 heteroatoms. The van der Waals surface area contributed by atoms with Gasteiger partial charge in [-0.25, -0.2) is 0 Å². The van der Waals surface area contributed by atoms with Gasteiger partial charge in [0.15, 0.2) is 4.75 Å². The Balaban J connectivity index is 2.63. The molecule has 0 fully saturated rings. The monoisotopic (exact) mass is 492 g/mol. The van der Waals surface area contributed by atoms with E-state index in [0.717, 1.165) is 12.1 Å². The first-order valence-electron chi connectivity index (χ1n) is 7.89. The highest BCUT2D eigenvalue weighted by atomic mass is 35.5. The molecule has 0 radical (unpaired) electrons. The van der Waals surface area contributed by atoms with E-state index >= 15 is 0 Å². The Kier molecular flexibility index (Phi) is 5.98. The number of hydrogen-bond acceptors (Lipinski definition) is 4. The molecule has 152 valence electrons. The molecule has 0 saturated carbocycles. The van der Waals surface area contributed by atoms with Crippen molar-refractivity contribution < 1.29 is 23.2 Å². The molecule has 0 bridgehead atoms. The highest BCUT2D eigenvalue weighted by Crippen LogP contribution is 2.52. The number of phenols is 2. The Morgan fingerprint density at radius 3 is 2.00 bits per heavy atom. The molecular weight excluding hydrogens is 482 g/mol. The average molecular weight is 494 g/mol. The molecule has 3 aromatic carbocycles.